The van der Waals surface area contributed by atoms with E-state index in [-0.39, 0.29) is 28.2 Å². The fraction of sp³-hybridized carbons (Fsp3) is 0.182. The standard InChI is InChI=1S/C22H15F3N6O/c23-22(24,25)15-6-16-17(11-28-20(16)27-10-15)19-14(7-26)9-30-21(31-19)29-8-12-1-2-18-13(5-12)3-4-32-18/h1-2,5-6,9-11H,3-4,8H2,(H,27,28)(H,29,30,31). The Morgan fingerprint density at radius 1 is 1.19 bits per heavy atom. The van der Waals surface area contributed by atoms with Crippen LogP contribution in [0.5, 0.6) is 5.75 Å². The molecule has 0 atom stereocenters. The van der Waals surface area contributed by atoms with Gasteiger partial charge in [0, 0.05) is 36.3 Å². The van der Waals surface area contributed by atoms with Gasteiger partial charge in [-0.1, -0.05) is 12.1 Å². The maximum atomic E-state index is 13.2. The first kappa shape index (κ1) is 19.8. The highest BCUT2D eigenvalue weighted by molar-refractivity contribution is 5.94. The predicted molar refractivity (Wildman–Crippen MR) is 110 cm³/mol. The lowest BCUT2D eigenvalue weighted by molar-refractivity contribution is -0.137. The van der Waals surface area contributed by atoms with Crippen LogP contribution in [0.1, 0.15) is 22.3 Å². The number of H-pyrrole nitrogens is 1. The molecule has 160 valence electrons. The van der Waals surface area contributed by atoms with Crippen molar-refractivity contribution in [2.24, 2.45) is 0 Å². The average Bonchev–Trinajstić information content (AvgIpc) is 3.42. The SMILES string of the molecule is N#Cc1cnc(NCc2ccc3c(c2)CCO3)nc1-c1c[nH]c2ncc(C(F)(F)F)cc12. The van der Waals surface area contributed by atoms with Gasteiger partial charge >= 0.3 is 6.18 Å². The zero-order chi connectivity index (χ0) is 22.3. The number of nitrogens with one attached hydrogen (secondary N) is 2. The summed E-state index contributed by atoms with van der Waals surface area (Å²) in [7, 11) is 0. The highest BCUT2D eigenvalue weighted by atomic mass is 19.4. The number of ether oxygens (including phenoxy) is 1. The molecule has 0 spiro atoms. The zero-order valence-corrected chi connectivity index (χ0v) is 16.5. The Morgan fingerprint density at radius 3 is 2.88 bits per heavy atom. The first-order valence-corrected chi connectivity index (χ1v) is 9.72. The molecule has 3 aromatic heterocycles. The lowest BCUT2D eigenvalue weighted by atomic mass is 10.1. The molecule has 1 aromatic carbocycles. The van der Waals surface area contributed by atoms with Gasteiger partial charge in [0.15, 0.2) is 0 Å². The number of hydrogen-bond acceptors (Lipinski definition) is 6. The van der Waals surface area contributed by atoms with Crippen LogP contribution in [0.15, 0.2) is 42.9 Å². The molecule has 4 heterocycles. The van der Waals surface area contributed by atoms with E-state index in [2.05, 4.69) is 25.3 Å². The molecule has 1 aliphatic rings. The third-order valence-electron chi connectivity index (χ3n) is 5.23. The number of nitrogens with zero attached hydrogens (tertiary/aromatic N) is 4. The molecule has 0 unspecified atom stereocenters. The fourth-order valence-corrected chi connectivity index (χ4v) is 3.64. The molecule has 2 N–H and O–H groups in total. The van der Waals surface area contributed by atoms with Crippen molar-refractivity contribution in [2.45, 2.75) is 19.1 Å². The minimum atomic E-state index is -4.53. The fourth-order valence-electron chi connectivity index (χ4n) is 3.64. The molecular formula is C22H15F3N6O. The Bertz CT molecular complexity index is 1370. The molecule has 10 heteroatoms. The molecule has 0 amide bonds. The number of benzene rings is 1. The lowest BCUT2D eigenvalue weighted by Gasteiger charge is -2.09. The summed E-state index contributed by atoms with van der Waals surface area (Å²) in [6, 6.07) is 8.90. The summed E-state index contributed by atoms with van der Waals surface area (Å²) >= 11 is 0. The van der Waals surface area contributed by atoms with Crippen LogP contribution in [0.4, 0.5) is 19.1 Å². The van der Waals surface area contributed by atoms with Crippen LogP contribution < -0.4 is 10.1 Å². The highest BCUT2D eigenvalue weighted by Crippen LogP contribution is 2.34. The van der Waals surface area contributed by atoms with E-state index >= 15 is 0 Å². The number of rotatable bonds is 4. The van der Waals surface area contributed by atoms with E-state index in [0.717, 1.165) is 35.6 Å². The van der Waals surface area contributed by atoms with Crippen LogP contribution in [-0.4, -0.2) is 26.5 Å². The molecule has 0 bridgehead atoms. The van der Waals surface area contributed by atoms with Crippen LogP contribution in [-0.2, 0) is 19.1 Å². The molecule has 5 rings (SSSR count). The third-order valence-corrected chi connectivity index (χ3v) is 5.23. The molecule has 0 saturated carbocycles. The predicted octanol–water partition coefficient (Wildman–Crippen LogP) is 4.46. The van der Waals surface area contributed by atoms with E-state index in [1.165, 1.54) is 12.4 Å². The number of halogens is 3. The summed E-state index contributed by atoms with van der Waals surface area (Å²) in [6.07, 6.45) is -0.0724. The molecule has 7 nitrogen and oxygen atoms in total. The van der Waals surface area contributed by atoms with Crippen LogP contribution >= 0.6 is 0 Å². The topological polar surface area (TPSA) is 99.5 Å². The van der Waals surface area contributed by atoms with Gasteiger partial charge in [-0.25, -0.2) is 15.0 Å². The van der Waals surface area contributed by atoms with Gasteiger partial charge in [0.1, 0.15) is 17.5 Å². The van der Waals surface area contributed by atoms with Gasteiger partial charge in [0.25, 0.3) is 0 Å². The van der Waals surface area contributed by atoms with Crippen LogP contribution in [0.2, 0.25) is 0 Å². The highest BCUT2D eigenvalue weighted by Gasteiger charge is 2.31. The van der Waals surface area contributed by atoms with Crippen LogP contribution in [0.25, 0.3) is 22.3 Å². The molecule has 0 saturated heterocycles. The maximum absolute atomic E-state index is 13.2. The van der Waals surface area contributed by atoms with Crippen molar-refractivity contribution in [3.63, 3.8) is 0 Å². The van der Waals surface area contributed by atoms with E-state index in [1.54, 1.807) is 0 Å². The van der Waals surface area contributed by atoms with Crippen molar-refractivity contribution in [1.29, 1.82) is 5.26 Å². The molecule has 0 radical (unpaired) electrons. The smallest absolute Gasteiger partial charge is 0.417 e. The second-order valence-corrected chi connectivity index (χ2v) is 7.28. The van der Waals surface area contributed by atoms with E-state index < -0.39 is 11.7 Å². The Morgan fingerprint density at radius 2 is 2.06 bits per heavy atom. The van der Waals surface area contributed by atoms with Gasteiger partial charge in [-0.15, -0.1) is 0 Å². The van der Waals surface area contributed by atoms with Crippen molar-refractivity contribution >= 4 is 17.0 Å². The summed E-state index contributed by atoms with van der Waals surface area (Å²) in [5, 5.41) is 12.8. The van der Waals surface area contributed by atoms with Gasteiger partial charge in [0.05, 0.1) is 29.6 Å². The number of pyridine rings is 1. The van der Waals surface area contributed by atoms with Crippen molar-refractivity contribution in [3.8, 4) is 23.1 Å². The van der Waals surface area contributed by atoms with E-state index in [9.17, 15) is 18.4 Å². The summed E-state index contributed by atoms with van der Waals surface area (Å²) < 4.78 is 45.0. The number of aromatic nitrogens is 4. The molecule has 32 heavy (non-hydrogen) atoms. The quantitative estimate of drug-likeness (QED) is 0.490. The first-order valence-electron chi connectivity index (χ1n) is 9.72. The number of nitriles is 1. The Balaban J connectivity index is 1.48. The average molecular weight is 436 g/mol. The molecule has 1 aliphatic heterocycles. The van der Waals surface area contributed by atoms with Crippen molar-refractivity contribution < 1.29 is 17.9 Å². The second kappa shape index (κ2) is 7.53. The number of hydrogen-bond donors (Lipinski definition) is 2. The Hall–Kier alpha value is -4.13. The Kier molecular flexibility index (Phi) is 4.66. The summed E-state index contributed by atoms with van der Waals surface area (Å²) in [5.41, 5.74) is 2.24. The molecule has 0 fully saturated rings. The minimum absolute atomic E-state index is 0.142. The van der Waals surface area contributed by atoms with Gasteiger partial charge in [-0.2, -0.15) is 18.4 Å². The zero-order valence-electron chi connectivity index (χ0n) is 16.5. The van der Waals surface area contributed by atoms with E-state index in [1.807, 2.05) is 24.3 Å². The normalized spacial score (nSPS) is 12.9. The lowest BCUT2D eigenvalue weighted by Crippen LogP contribution is -2.06. The largest absolute Gasteiger partial charge is 0.493 e. The Labute approximate surface area is 179 Å². The van der Waals surface area contributed by atoms with Gasteiger partial charge in [0.2, 0.25) is 5.95 Å². The molecule has 0 aliphatic carbocycles. The van der Waals surface area contributed by atoms with Gasteiger partial charge in [-0.3, -0.25) is 0 Å². The molecule has 4 aromatic rings. The number of aromatic amines is 1. The number of anilines is 1. The van der Waals surface area contributed by atoms with Crippen molar-refractivity contribution in [2.75, 3.05) is 11.9 Å². The monoisotopic (exact) mass is 436 g/mol. The first-order chi connectivity index (χ1) is 15.4. The van der Waals surface area contributed by atoms with Gasteiger partial charge < -0.3 is 15.0 Å². The number of fused-ring (bicyclic) bond motifs is 2. The summed E-state index contributed by atoms with van der Waals surface area (Å²) in [6.45, 7) is 1.11. The van der Waals surface area contributed by atoms with Crippen molar-refractivity contribution in [1.82, 2.24) is 19.9 Å². The number of alkyl halides is 3. The van der Waals surface area contributed by atoms with Gasteiger partial charge in [-0.05, 0) is 23.3 Å². The van der Waals surface area contributed by atoms with E-state index in [4.69, 9.17) is 4.74 Å². The van der Waals surface area contributed by atoms with Crippen LogP contribution in [0, 0.1) is 11.3 Å². The van der Waals surface area contributed by atoms with Crippen LogP contribution in [0.3, 0.4) is 0 Å². The minimum Gasteiger partial charge on any atom is -0.493 e. The molecular weight excluding hydrogens is 421 g/mol. The third kappa shape index (κ3) is 3.58. The second-order valence-electron chi connectivity index (χ2n) is 7.28. The summed E-state index contributed by atoms with van der Waals surface area (Å²) in [4.78, 5) is 15.3. The maximum Gasteiger partial charge on any atom is 0.417 e. The van der Waals surface area contributed by atoms with Crippen molar-refractivity contribution in [3.05, 3.63) is 65.1 Å². The van der Waals surface area contributed by atoms with E-state index in [0.29, 0.717) is 18.7 Å². The summed E-state index contributed by atoms with van der Waals surface area (Å²) in [5.74, 6) is 1.14.